The van der Waals surface area contributed by atoms with Gasteiger partial charge in [-0.1, -0.05) is 53.3 Å². The van der Waals surface area contributed by atoms with E-state index in [1.165, 1.54) is 21.5 Å². The van der Waals surface area contributed by atoms with Crippen LogP contribution in [0.1, 0.15) is 16.5 Å². The van der Waals surface area contributed by atoms with Crippen molar-refractivity contribution in [1.82, 2.24) is 19.5 Å². The molecule has 1 aliphatic rings. The predicted octanol–water partition coefficient (Wildman–Crippen LogP) is 5.32. The summed E-state index contributed by atoms with van der Waals surface area (Å²) in [7, 11) is 0. The van der Waals surface area contributed by atoms with Crippen LogP contribution >= 0.6 is 22.9 Å². The number of halogens is 1. The Morgan fingerprint density at radius 1 is 0.971 bits per heavy atom. The molecule has 0 saturated carbocycles. The number of piperazine rings is 1. The van der Waals surface area contributed by atoms with Crippen molar-refractivity contribution in [2.75, 3.05) is 31.1 Å². The minimum atomic E-state index is -0.155. The lowest BCUT2D eigenvalue weighted by Gasteiger charge is -2.40. The first-order valence-corrected chi connectivity index (χ1v) is 12.3. The summed E-state index contributed by atoms with van der Waals surface area (Å²) in [6, 6.07) is 21.8. The van der Waals surface area contributed by atoms with E-state index in [4.69, 9.17) is 16.0 Å². The van der Waals surface area contributed by atoms with E-state index < -0.39 is 0 Å². The van der Waals surface area contributed by atoms with E-state index in [0.717, 1.165) is 36.6 Å². The lowest BCUT2D eigenvalue weighted by molar-refractivity contribution is 0.211. The predicted molar refractivity (Wildman–Crippen MR) is 134 cm³/mol. The van der Waals surface area contributed by atoms with Crippen molar-refractivity contribution in [3.8, 4) is 17.5 Å². The number of benzene rings is 2. The third-order valence-corrected chi connectivity index (χ3v) is 7.46. The highest BCUT2D eigenvalue weighted by atomic mass is 35.5. The molecule has 2 aromatic carbocycles. The molecule has 0 amide bonds. The molecule has 0 radical (unpaired) electrons. The quantitative estimate of drug-likeness (QED) is 0.359. The Balaban J connectivity index is 1.35. The first kappa shape index (κ1) is 21.2. The smallest absolute Gasteiger partial charge is 0.230 e. The van der Waals surface area contributed by atoms with Gasteiger partial charge in [-0.2, -0.15) is 9.50 Å². The highest BCUT2D eigenvalue weighted by Gasteiger charge is 2.32. The van der Waals surface area contributed by atoms with E-state index in [9.17, 15) is 5.11 Å². The van der Waals surface area contributed by atoms with Crippen LogP contribution in [0.4, 0.5) is 5.69 Å². The van der Waals surface area contributed by atoms with Gasteiger partial charge in [-0.15, -0.1) is 5.10 Å². The maximum Gasteiger partial charge on any atom is 0.230 e. The van der Waals surface area contributed by atoms with Gasteiger partial charge in [-0.25, -0.2) is 0 Å². The van der Waals surface area contributed by atoms with Gasteiger partial charge in [0.05, 0.1) is 17.2 Å². The van der Waals surface area contributed by atoms with Crippen molar-refractivity contribution in [2.45, 2.75) is 6.04 Å². The summed E-state index contributed by atoms with van der Waals surface area (Å²) in [6.07, 6.45) is 1.58. The zero-order valence-electron chi connectivity index (χ0n) is 18.2. The summed E-state index contributed by atoms with van der Waals surface area (Å²) in [4.78, 5) is 10.8. The number of rotatable bonds is 5. The number of para-hydroxylation sites is 1. The molecule has 9 heteroatoms. The Bertz CT molecular complexity index is 1410. The number of nitrogens with zero attached hydrogens (tertiary/aromatic N) is 5. The number of thiazole rings is 1. The highest BCUT2D eigenvalue weighted by molar-refractivity contribution is 7.17. The second kappa shape index (κ2) is 8.79. The molecule has 7 nitrogen and oxygen atoms in total. The Morgan fingerprint density at radius 2 is 1.79 bits per heavy atom. The van der Waals surface area contributed by atoms with Crippen molar-refractivity contribution in [2.24, 2.45) is 0 Å². The number of hydrogen-bond donors (Lipinski definition) is 1. The number of fused-ring (bicyclic) bond motifs is 1. The fraction of sp³-hybridized carbons (Fsp3) is 0.200. The van der Waals surface area contributed by atoms with Gasteiger partial charge in [-0.3, -0.25) is 4.90 Å². The highest BCUT2D eigenvalue weighted by Crippen LogP contribution is 2.41. The molecule has 1 N–H and O–H groups in total. The van der Waals surface area contributed by atoms with Crippen molar-refractivity contribution < 1.29 is 9.52 Å². The molecule has 5 aromatic rings. The number of aromatic nitrogens is 3. The van der Waals surface area contributed by atoms with E-state index in [1.54, 1.807) is 18.4 Å². The summed E-state index contributed by atoms with van der Waals surface area (Å²) in [5, 5.41) is 16.4. The number of anilines is 1. The Hall–Kier alpha value is -3.33. The molecular formula is C25H22ClN5O2S. The molecule has 3 aromatic heterocycles. The monoisotopic (exact) mass is 491 g/mol. The molecule has 0 aliphatic carbocycles. The average Bonchev–Trinajstić information content (AvgIpc) is 3.60. The molecular weight excluding hydrogens is 470 g/mol. The topological polar surface area (TPSA) is 70.0 Å². The minimum Gasteiger partial charge on any atom is -0.492 e. The molecule has 0 unspecified atom stereocenters. The maximum absolute atomic E-state index is 11.2. The summed E-state index contributed by atoms with van der Waals surface area (Å²) in [6.45, 7) is 3.48. The van der Waals surface area contributed by atoms with Gasteiger partial charge in [0.1, 0.15) is 0 Å². The SMILES string of the molecule is Oc1c([C@H](c2cccc(Cl)c2)N2CCN(c3ccccc3)CC2)sc2nc(-c3ccco3)nn12. The van der Waals surface area contributed by atoms with Gasteiger partial charge in [0, 0.05) is 36.9 Å². The average molecular weight is 492 g/mol. The molecule has 4 heterocycles. The lowest BCUT2D eigenvalue weighted by atomic mass is 10.0. The van der Waals surface area contributed by atoms with Crippen LogP contribution in [-0.4, -0.2) is 50.8 Å². The Labute approximate surface area is 205 Å². The molecule has 1 fully saturated rings. The third-order valence-electron chi connectivity index (χ3n) is 6.15. The molecule has 0 spiro atoms. The number of aromatic hydroxyl groups is 1. The second-order valence-corrected chi connectivity index (χ2v) is 9.66. The van der Waals surface area contributed by atoms with Crippen molar-refractivity contribution in [1.29, 1.82) is 0 Å². The summed E-state index contributed by atoms with van der Waals surface area (Å²) in [5.74, 6) is 1.12. The molecule has 0 bridgehead atoms. The van der Waals surface area contributed by atoms with E-state index in [1.807, 2.05) is 24.3 Å². The van der Waals surface area contributed by atoms with Gasteiger partial charge in [0.25, 0.3) is 0 Å². The van der Waals surface area contributed by atoms with Crippen LogP contribution in [0.25, 0.3) is 16.5 Å². The Kier molecular flexibility index (Phi) is 5.49. The number of furan rings is 1. The fourth-order valence-corrected chi connectivity index (χ4v) is 5.84. The molecule has 1 saturated heterocycles. The lowest BCUT2D eigenvalue weighted by Crippen LogP contribution is -2.47. The fourth-order valence-electron chi connectivity index (χ4n) is 4.52. The molecule has 34 heavy (non-hydrogen) atoms. The second-order valence-electron chi connectivity index (χ2n) is 8.21. The molecule has 1 aliphatic heterocycles. The van der Waals surface area contributed by atoms with Gasteiger partial charge in [-0.05, 0) is 42.0 Å². The van der Waals surface area contributed by atoms with Crippen LogP contribution in [0.5, 0.6) is 5.88 Å². The van der Waals surface area contributed by atoms with Crippen LogP contribution in [-0.2, 0) is 0 Å². The first-order valence-electron chi connectivity index (χ1n) is 11.1. The van der Waals surface area contributed by atoms with Crippen molar-refractivity contribution in [3.05, 3.63) is 88.5 Å². The van der Waals surface area contributed by atoms with Crippen LogP contribution in [0.3, 0.4) is 0 Å². The van der Waals surface area contributed by atoms with Crippen LogP contribution in [0, 0.1) is 0 Å². The zero-order valence-corrected chi connectivity index (χ0v) is 19.8. The molecule has 172 valence electrons. The van der Waals surface area contributed by atoms with Crippen LogP contribution in [0.15, 0.2) is 77.4 Å². The van der Waals surface area contributed by atoms with E-state index in [0.29, 0.717) is 21.6 Å². The summed E-state index contributed by atoms with van der Waals surface area (Å²) in [5.41, 5.74) is 2.26. The summed E-state index contributed by atoms with van der Waals surface area (Å²) < 4.78 is 6.91. The third kappa shape index (κ3) is 3.83. The first-order chi connectivity index (χ1) is 16.7. The standard InChI is InChI=1S/C25H22ClN5O2S/c26-18-7-4-6-17(16-18)21(30-13-11-29(12-14-30)19-8-2-1-3-9-19)22-24(32)31-25(34-22)27-23(28-31)20-10-5-15-33-20/h1-10,15-16,21,32H,11-14H2/t21-/m0/s1. The van der Waals surface area contributed by atoms with Gasteiger partial charge in [0.15, 0.2) is 5.76 Å². The van der Waals surface area contributed by atoms with Crippen LogP contribution in [0.2, 0.25) is 5.02 Å². The van der Waals surface area contributed by atoms with Crippen LogP contribution < -0.4 is 4.90 Å². The van der Waals surface area contributed by atoms with Gasteiger partial charge < -0.3 is 14.4 Å². The Morgan fingerprint density at radius 3 is 2.50 bits per heavy atom. The van der Waals surface area contributed by atoms with E-state index in [-0.39, 0.29) is 11.9 Å². The maximum atomic E-state index is 11.2. The van der Waals surface area contributed by atoms with Gasteiger partial charge in [0.2, 0.25) is 16.7 Å². The largest absolute Gasteiger partial charge is 0.492 e. The van der Waals surface area contributed by atoms with E-state index >= 15 is 0 Å². The number of hydrogen-bond acceptors (Lipinski definition) is 7. The van der Waals surface area contributed by atoms with Crippen molar-refractivity contribution >= 4 is 33.6 Å². The molecule has 6 rings (SSSR count). The van der Waals surface area contributed by atoms with Crippen molar-refractivity contribution in [3.63, 3.8) is 0 Å². The molecule has 1 atom stereocenters. The van der Waals surface area contributed by atoms with Gasteiger partial charge >= 0.3 is 0 Å². The minimum absolute atomic E-state index is 0.0979. The normalized spacial score (nSPS) is 15.7. The summed E-state index contributed by atoms with van der Waals surface area (Å²) >= 11 is 7.81. The zero-order chi connectivity index (χ0) is 23.1. The van der Waals surface area contributed by atoms with E-state index in [2.05, 4.69) is 50.2 Å².